The van der Waals surface area contributed by atoms with E-state index in [0.29, 0.717) is 12.4 Å². The van der Waals surface area contributed by atoms with Gasteiger partial charge in [-0.2, -0.15) is 5.10 Å². The molecule has 0 spiro atoms. The van der Waals surface area contributed by atoms with Gasteiger partial charge in [-0.25, -0.2) is 0 Å². The van der Waals surface area contributed by atoms with Crippen LogP contribution in [0.5, 0.6) is 5.75 Å². The molecule has 0 amide bonds. The fourth-order valence-corrected chi connectivity index (χ4v) is 1.88. The largest absolute Gasteiger partial charge is 0.494 e. The summed E-state index contributed by atoms with van der Waals surface area (Å²) >= 11 is 0. The van der Waals surface area contributed by atoms with E-state index < -0.39 is 0 Å². The van der Waals surface area contributed by atoms with Crippen molar-refractivity contribution in [3.63, 3.8) is 0 Å². The van der Waals surface area contributed by atoms with Gasteiger partial charge in [0.2, 0.25) is 0 Å². The molecule has 0 bridgehead atoms. The highest BCUT2D eigenvalue weighted by molar-refractivity contribution is 5.29. The monoisotopic (exact) mass is 245 g/mol. The maximum absolute atomic E-state index is 5.69. The minimum Gasteiger partial charge on any atom is -0.494 e. The molecule has 4 nitrogen and oxygen atoms in total. The predicted molar refractivity (Wildman–Crippen MR) is 72.6 cm³/mol. The minimum atomic E-state index is 0.593. The van der Waals surface area contributed by atoms with E-state index in [4.69, 9.17) is 10.5 Å². The molecule has 1 aromatic carbocycles. The number of nitrogen functional groups attached to an aromatic ring is 1. The van der Waals surface area contributed by atoms with Crippen LogP contribution in [0, 0.1) is 0 Å². The van der Waals surface area contributed by atoms with Crippen molar-refractivity contribution in [1.29, 1.82) is 0 Å². The molecule has 0 aliphatic rings. The molecule has 1 aromatic heterocycles. The molecule has 0 atom stereocenters. The zero-order chi connectivity index (χ0) is 12.8. The Bertz CT molecular complexity index is 479. The Hall–Kier alpha value is -1.97. The lowest BCUT2D eigenvalue weighted by atomic mass is 10.3. The molecular weight excluding hydrogens is 226 g/mol. The summed E-state index contributed by atoms with van der Waals surface area (Å²) in [7, 11) is 0. The van der Waals surface area contributed by atoms with Crippen molar-refractivity contribution >= 4 is 5.82 Å². The van der Waals surface area contributed by atoms with Gasteiger partial charge >= 0.3 is 0 Å². The maximum atomic E-state index is 5.69. The first-order valence-corrected chi connectivity index (χ1v) is 6.29. The molecule has 0 fully saturated rings. The van der Waals surface area contributed by atoms with E-state index in [1.54, 1.807) is 0 Å². The number of hydrogen-bond acceptors (Lipinski definition) is 3. The van der Waals surface area contributed by atoms with Crippen LogP contribution >= 0.6 is 0 Å². The summed E-state index contributed by atoms with van der Waals surface area (Å²) in [4.78, 5) is 0. The number of anilines is 1. The van der Waals surface area contributed by atoms with Crippen LogP contribution in [0.1, 0.15) is 19.0 Å². The van der Waals surface area contributed by atoms with Gasteiger partial charge in [-0.1, -0.05) is 25.1 Å². The molecule has 0 aliphatic carbocycles. The number of nitrogens with two attached hydrogens (primary N) is 1. The molecule has 0 saturated heterocycles. The van der Waals surface area contributed by atoms with Gasteiger partial charge in [-0.05, 0) is 18.6 Å². The third-order valence-corrected chi connectivity index (χ3v) is 2.77. The van der Waals surface area contributed by atoms with Gasteiger partial charge in [-0.3, -0.25) is 4.68 Å². The van der Waals surface area contributed by atoms with Crippen molar-refractivity contribution < 1.29 is 4.74 Å². The topological polar surface area (TPSA) is 53.1 Å². The van der Waals surface area contributed by atoms with E-state index >= 15 is 0 Å². The third kappa shape index (κ3) is 3.26. The van der Waals surface area contributed by atoms with E-state index in [0.717, 1.165) is 25.1 Å². The maximum Gasteiger partial charge on any atom is 0.145 e. The predicted octanol–water partition coefficient (Wildman–Crippen LogP) is 2.50. The fraction of sp³-hybridized carbons (Fsp3) is 0.357. The highest BCUT2D eigenvalue weighted by atomic mass is 16.5. The van der Waals surface area contributed by atoms with Crippen LogP contribution in [-0.2, 0) is 13.0 Å². The SMILES string of the molecule is CCc1cc(N)nn1CCCOc1ccccc1. The summed E-state index contributed by atoms with van der Waals surface area (Å²) in [5.41, 5.74) is 6.86. The summed E-state index contributed by atoms with van der Waals surface area (Å²) in [6.07, 6.45) is 1.87. The standard InChI is InChI=1S/C14H19N3O/c1-2-12-11-14(15)16-17(12)9-6-10-18-13-7-4-3-5-8-13/h3-5,7-8,11H,2,6,9-10H2,1H3,(H2,15,16). The molecule has 0 saturated carbocycles. The van der Waals surface area contributed by atoms with Gasteiger partial charge in [0.05, 0.1) is 6.61 Å². The summed E-state index contributed by atoms with van der Waals surface area (Å²) in [6.45, 7) is 3.63. The van der Waals surface area contributed by atoms with Gasteiger partial charge in [0, 0.05) is 24.7 Å². The zero-order valence-corrected chi connectivity index (χ0v) is 10.7. The van der Waals surface area contributed by atoms with Crippen molar-refractivity contribution in [3.05, 3.63) is 42.1 Å². The second kappa shape index (κ2) is 6.10. The molecule has 0 aliphatic heterocycles. The second-order valence-electron chi connectivity index (χ2n) is 4.15. The van der Waals surface area contributed by atoms with Gasteiger partial charge in [0.15, 0.2) is 0 Å². The van der Waals surface area contributed by atoms with Gasteiger partial charge in [0.25, 0.3) is 0 Å². The van der Waals surface area contributed by atoms with E-state index in [1.165, 1.54) is 5.69 Å². The molecule has 0 radical (unpaired) electrons. The molecule has 2 aromatic rings. The fourth-order valence-electron chi connectivity index (χ4n) is 1.88. The number of para-hydroxylation sites is 1. The molecule has 0 unspecified atom stereocenters. The first kappa shape index (κ1) is 12.5. The van der Waals surface area contributed by atoms with E-state index in [1.807, 2.05) is 41.1 Å². The Kier molecular flexibility index (Phi) is 4.23. The summed E-state index contributed by atoms with van der Waals surface area (Å²) in [5.74, 6) is 1.50. The summed E-state index contributed by atoms with van der Waals surface area (Å²) in [5, 5.41) is 4.26. The Morgan fingerprint density at radius 3 is 2.78 bits per heavy atom. The quantitative estimate of drug-likeness (QED) is 0.795. The van der Waals surface area contributed by atoms with Gasteiger partial charge in [0.1, 0.15) is 11.6 Å². The van der Waals surface area contributed by atoms with Gasteiger partial charge < -0.3 is 10.5 Å². The van der Waals surface area contributed by atoms with Gasteiger partial charge in [-0.15, -0.1) is 0 Å². The molecule has 2 N–H and O–H groups in total. The number of aromatic nitrogens is 2. The van der Waals surface area contributed by atoms with Crippen molar-refractivity contribution in [2.24, 2.45) is 0 Å². The lowest BCUT2D eigenvalue weighted by Crippen LogP contribution is -2.08. The lowest BCUT2D eigenvalue weighted by Gasteiger charge is -2.07. The molecule has 18 heavy (non-hydrogen) atoms. The zero-order valence-electron chi connectivity index (χ0n) is 10.7. The van der Waals surface area contributed by atoms with Crippen molar-refractivity contribution in [2.75, 3.05) is 12.3 Å². The van der Waals surface area contributed by atoms with E-state index in [2.05, 4.69) is 12.0 Å². The van der Waals surface area contributed by atoms with Crippen LogP contribution < -0.4 is 10.5 Å². The van der Waals surface area contributed by atoms with E-state index in [-0.39, 0.29) is 0 Å². The van der Waals surface area contributed by atoms with Crippen LogP contribution in [0.4, 0.5) is 5.82 Å². The summed E-state index contributed by atoms with van der Waals surface area (Å²) < 4.78 is 7.60. The number of rotatable bonds is 6. The third-order valence-electron chi connectivity index (χ3n) is 2.77. The van der Waals surface area contributed by atoms with Crippen LogP contribution in [0.3, 0.4) is 0 Å². The van der Waals surface area contributed by atoms with Crippen molar-refractivity contribution in [2.45, 2.75) is 26.3 Å². The number of hydrogen-bond donors (Lipinski definition) is 1. The lowest BCUT2D eigenvalue weighted by molar-refractivity contribution is 0.298. The van der Waals surface area contributed by atoms with E-state index in [9.17, 15) is 0 Å². The molecular formula is C14H19N3O. The smallest absolute Gasteiger partial charge is 0.145 e. The highest BCUT2D eigenvalue weighted by Gasteiger charge is 2.03. The molecule has 2 rings (SSSR count). The molecule has 4 heteroatoms. The minimum absolute atomic E-state index is 0.593. The van der Waals surface area contributed by atoms with Crippen LogP contribution in [0.2, 0.25) is 0 Å². The Labute approximate surface area is 107 Å². The Balaban J connectivity index is 1.78. The first-order chi connectivity index (χ1) is 8.79. The molecule has 96 valence electrons. The number of ether oxygens (including phenoxy) is 1. The van der Waals surface area contributed by atoms with Crippen LogP contribution in [0.25, 0.3) is 0 Å². The normalized spacial score (nSPS) is 10.5. The Morgan fingerprint density at radius 1 is 1.28 bits per heavy atom. The first-order valence-electron chi connectivity index (χ1n) is 6.29. The van der Waals surface area contributed by atoms with Crippen molar-refractivity contribution in [3.8, 4) is 5.75 Å². The van der Waals surface area contributed by atoms with Crippen molar-refractivity contribution in [1.82, 2.24) is 9.78 Å². The average Bonchev–Trinajstić information content (AvgIpc) is 2.76. The molecule has 1 heterocycles. The number of aryl methyl sites for hydroxylation is 2. The Morgan fingerprint density at radius 2 is 2.06 bits per heavy atom. The number of benzene rings is 1. The van der Waals surface area contributed by atoms with Crippen LogP contribution in [0.15, 0.2) is 36.4 Å². The highest BCUT2D eigenvalue weighted by Crippen LogP contribution is 2.10. The summed E-state index contributed by atoms with van der Waals surface area (Å²) in [6, 6.07) is 11.8. The van der Waals surface area contributed by atoms with Crippen LogP contribution in [-0.4, -0.2) is 16.4 Å². The average molecular weight is 245 g/mol. The second-order valence-corrected chi connectivity index (χ2v) is 4.15. The number of nitrogens with zero attached hydrogens (tertiary/aromatic N) is 2.